The van der Waals surface area contributed by atoms with Crippen LogP contribution in [0.4, 0.5) is 20.3 Å². The second kappa shape index (κ2) is 10.9. The second-order valence-electron chi connectivity index (χ2n) is 10.2. The minimum atomic E-state index is -3.91. The van der Waals surface area contributed by atoms with E-state index in [2.05, 4.69) is 20.2 Å². The molecule has 2 saturated heterocycles. The number of aromatic nitrogens is 2. The molecule has 2 fully saturated rings. The lowest BCUT2D eigenvalue weighted by Crippen LogP contribution is -2.54. The molecule has 0 aliphatic carbocycles. The fraction of sp³-hybridized carbons (Fsp3) is 0.393. The Morgan fingerprint density at radius 2 is 1.72 bits per heavy atom. The van der Waals surface area contributed by atoms with Gasteiger partial charge < -0.3 is 15.1 Å². The van der Waals surface area contributed by atoms with Crippen LogP contribution in [0.15, 0.2) is 53.7 Å². The van der Waals surface area contributed by atoms with E-state index in [9.17, 15) is 22.0 Å². The zero-order chi connectivity index (χ0) is 27.7. The number of sulfone groups is 1. The molecule has 11 heteroatoms. The average molecular weight is 556 g/mol. The summed E-state index contributed by atoms with van der Waals surface area (Å²) >= 11 is 0. The summed E-state index contributed by atoms with van der Waals surface area (Å²) in [5.74, 6) is -1.33. The number of nitrogens with one attached hydrogen (secondary N) is 1. The van der Waals surface area contributed by atoms with Crippen molar-refractivity contribution in [3.8, 4) is 11.3 Å². The molecule has 3 aromatic rings. The van der Waals surface area contributed by atoms with E-state index in [-0.39, 0.29) is 17.6 Å². The lowest BCUT2D eigenvalue weighted by atomic mass is 9.97. The van der Waals surface area contributed by atoms with Gasteiger partial charge in [-0.25, -0.2) is 22.2 Å². The number of carbonyl (C=O) groups excluding carboxylic acids is 1. The van der Waals surface area contributed by atoms with Crippen LogP contribution in [-0.2, 0) is 14.6 Å². The van der Waals surface area contributed by atoms with Gasteiger partial charge in [-0.2, -0.15) is 0 Å². The number of likely N-dealkylation sites (tertiary alicyclic amines) is 1. The Kier molecular flexibility index (Phi) is 7.53. The molecule has 0 unspecified atom stereocenters. The zero-order valence-corrected chi connectivity index (χ0v) is 22.7. The molecular formula is C28H31F2N5O3S. The Morgan fingerprint density at radius 1 is 0.974 bits per heavy atom. The quantitative estimate of drug-likeness (QED) is 0.487. The number of carbonyl (C=O) groups is 1. The highest BCUT2D eigenvalue weighted by atomic mass is 32.2. The fourth-order valence-corrected chi connectivity index (χ4v) is 6.13. The maximum atomic E-state index is 14.6. The van der Waals surface area contributed by atoms with E-state index < -0.39 is 32.4 Å². The highest BCUT2D eigenvalue weighted by molar-refractivity contribution is 7.90. The molecule has 0 spiro atoms. The minimum Gasteiger partial charge on any atom is -0.371 e. The molecule has 1 amide bonds. The number of halogens is 2. The zero-order valence-electron chi connectivity index (χ0n) is 21.9. The van der Waals surface area contributed by atoms with Crippen molar-refractivity contribution in [2.45, 2.75) is 49.6 Å². The van der Waals surface area contributed by atoms with Gasteiger partial charge >= 0.3 is 0 Å². The second-order valence-corrected chi connectivity index (χ2v) is 12.2. The Bertz CT molecular complexity index is 1480. The standard InChI is InChI=1S/C28H31F2N5O3S/c1-18-6-3-4-7-20(18)25-16-32-27(17-31-25)34-12-9-19(10-13-34)35-11-5-8-23(28(35)36)33-24-14-22(30)26(15-21(24)29)39(2,37)38/h3-4,6-7,14-17,19,23,33H,5,8-13H2,1-2H3/t23-/m0/s1. The van der Waals surface area contributed by atoms with Gasteiger partial charge in [0.05, 0.1) is 23.8 Å². The summed E-state index contributed by atoms with van der Waals surface area (Å²) in [5.41, 5.74) is 2.79. The van der Waals surface area contributed by atoms with E-state index >= 15 is 0 Å². The van der Waals surface area contributed by atoms with E-state index in [1.54, 1.807) is 12.4 Å². The molecule has 0 radical (unpaired) electrons. The summed E-state index contributed by atoms with van der Waals surface area (Å²) in [5, 5.41) is 2.82. The van der Waals surface area contributed by atoms with Crippen LogP contribution < -0.4 is 10.2 Å². The number of benzene rings is 2. The Labute approximate surface area is 227 Å². The summed E-state index contributed by atoms with van der Waals surface area (Å²) in [7, 11) is -3.91. The molecule has 2 aromatic carbocycles. The van der Waals surface area contributed by atoms with Crippen molar-refractivity contribution in [3.05, 3.63) is 66.0 Å². The number of piperidine rings is 2. The number of rotatable bonds is 6. The normalized spacial score (nSPS) is 18.9. The molecule has 0 saturated carbocycles. The van der Waals surface area contributed by atoms with Crippen LogP contribution in [0.5, 0.6) is 0 Å². The number of aryl methyl sites for hydroxylation is 1. The molecule has 2 aliphatic rings. The highest BCUT2D eigenvalue weighted by Gasteiger charge is 2.35. The van der Waals surface area contributed by atoms with Crippen molar-refractivity contribution < 1.29 is 22.0 Å². The summed E-state index contributed by atoms with van der Waals surface area (Å²) in [6, 6.07) is 8.83. The first-order valence-corrected chi connectivity index (χ1v) is 14.9. The first-order valence-electron chi connectivity index (χ1n) is 13.0. The van der Waals surface area contributed by atoms with Crippen molar-refractivity contribution in [1.29, 1.82) is 0 Å². The third kappa shape index (κ3) is 5.73. The number of hydrogen-bond donors (Lipinski definition) is 1. The van der Waals surface area contributed by atoms with Gasteiger partial charge in [-0.05, 0) is 44.2 Å². The van der Waals surface area contributed by atoms with Crippen molar-refractivity contribution in [2.24, 2.45) is 0 Å². The van der Waals surface area contributed by atoms with Gasteiger partial charge in [0.2, 0.25) is 5.91 Å². The Hall–Kier alpha value is -3.60. The van der Waals surface area contributed by atoms with Crippen molar-refractivity contribution in [2.75, 3.05) is 36.1 Å². The molecule has 3 heterocycles. The number of hydrogen-bond acceptors (Lipinski definition) is 7. The highest BCUT2D eigenvalue weighted by Crippen LogP contribution is 2.29. The van der Waals surface area contributed by atoms with Crippen LogP contribution in [0.2, 0.25) is 0 Å². The predicted molar refractivity (Wildman–Crippen MR) is 145 cm³/mol. The fourth-order valence-electron chi connectivity index (χ4n) is 5.40. The van der Waals surface area contributed by atoms with Crippen LogP contribution in [0.3, 0.4) is 0 Å². The van der Waals surface area contributed by atoms with E-state index in [0.717, 1.165) is 67.3 Å². The van der Waals surface area contributed by atoms with E-state index in [0.29, 0.717) is 19.0 Å². The molecule has 2 aliphatic heterocycles. The number of nitrogens with zero attached hydrogens (tertiary/aromatic N) is 4. The van der Waals surface area contributed by atoms with E-state index in [1.807, 2.05) is 36.1 Å². The van der Waals surface area contributed by atoms with Gasteiger partial charge in [0, 0.05) is 43.6 Å². The van der Waals surface area contributed by atoms with Crippen LogP contribution in [0, 0.1) is 18.6 Å². The molecule has 1 atom stereocenters. The van der Waals surface area contributed by atoms with E-state index in [1.165, 1.54) is 0 Å². The van der Waals surface area contributed by atoms with Crippen LogP contribution in [-0.4, -0.2) is 67.2 Å². The summed E-state index contributed by atoms with van der Waals surface area (Å²) in [6.45, 7) is 4.09. The average Bonchev–Trinajstić information content (AvgIpc) is 2.91. The molecule has 1 aromatic heterocycles. The van der Waals surface area contributed by atoms with Crippen molar-refractivity contribution in [3.63, 3.8) is 0 Å². The molecule has 8 nitrogen and oxygen atoms in total. The van der Waals surface area contributed by atoms with Crippen LogP contribution in [0.1, 0.15) is 31.2 Å². The third-order valence-electron chi connectivity index (χ3n) is 7.51. The number of anilines is 2. The molecule has 5 rings (SSSR count). The van der Waals surface area contributed by atoms with Gasteiger partial charge in [-0.15, -0.1) is 0 Å². The molecule has 0 bridgehead atoms. The Balaban J connectivity index is 1.21. The van der Waals surface area contributed by atoms with Crippen LogP contribution >= 0.6 is 0 Å². The number of amides is 1. The van der Waals surface area contributed by atoms with Gasteiger partial charge in [0.1, 0.15) is 28.4 Å². The lowest BCUT2D eigenvalue weighted by molar-refractivity contribution is -0.137. The van der Waals surface area contributed by atoms with E-state index in [4.69, 9.17) is 0 Å². The first kappa shape index (κ1) is 27.0. The lowest BCUT2D eigenvalue weighted by Gasteiger charge is -2.42. The van der Waals surface area contributed by atoms with Crippen molar-refractivity contribution in [1.82, 2.24) is 14.9 Å². The SMILES string of the molecule is Cc1ccccc1-c1cnc(N2CCC(N3CCC[C@H](Nc4cc(F)c(S(C)(=O)=O)cc4F)C3=O)CC2)cn1. The monoisotopic (exact) mass is 555 g/mol. The molecule has 39 heavy (non-hydrogen) atoms. The van der Waals surface area contributed by atoms with Gasteiger partial charge in [0.25, 0.3) is 0 Å². The van der Waals surface area contributed by atoms with Crippen molar-refractivity contribution >= 4 is 27.2 Å². The summed E-state index contributed by atoms with van der Waals surface area (Å²) in [4.78, 5) is 25.9. The first-order chi connectivity index (χ1) is 18.6. The van der Waals surface area contributed by atoms with Crippen LogP contribution in [0.25, 0.3) is 11.3 Å². The Morgan fingerprint density at radius 3 is 2.38 bits per heavy atom. The summed E-state index contributed by atoms with van der Waals surface area (Å²) < 4.78 is 52.3. The molecular weight excluding hydrogens is 524 g/mol. The van der Waals surface area contributed by atoms with Gasteiger partial charge in [-0.1, -0.05) is 24.3 Å². The van der Waals surface area contributed by atoms with Gasteiger partial charge in [-0.3, -0.25) is 9.78 Å². The largest absolute Gasteiger partial charge is 0.371 e. The maximum absolute atomic E-state index is 14.6. The molecule has 1 N–H and O–H groups in total. The minimum absolute atomic E-state index is 0.0340. The topological polar surface area (TPSA) is 95.5 Å². The third-order valence-corrected chi connectivity index (χ3v) is 8.62. The smallest absolute Gasteiger partial charge is 0.245 e. The summed E-state index contributed by atoms with van der Waals surface area (Å²) in [6.07, 6.45) is 7.11. The molecule has 206 valence electrons. The van der Waals surface area contributed by atoms with Gasteiger partial charge in [0.15, 0.2) is 9.84 Å². The maximum Gasteiger partial charge on any atom is 0.245 e. The predicted octanol–water partition coefficient (Wildman–Crippen LogP) is 4.21.